The third kappa shape index (κ3) is 2.72. The van der Waals surface area contributed by atoms with Crippen molar-refractivity contribution < 1.29 is 0 Å². The van der Waals surface area contributed by atoms with Crippen molar-refractivity contribution in [3.63, 3.8) is 0 Å². The molecule has 1 atom stereocenters. The summed E-state index contributed by atoms with van der Waals surface area (Å²) in [4.78, 5) is 4.28. The van der Waals surface area contributed by atoms with Crippen LogP contribution in [0.15, 0.2) is 12.4 Å². The fourth-order valence-corrected chi connectivity index (χ4v) is 2.09. The molecule has 1 aliphatic heterocycles. The molecular formula is C11H20N4. The summed E-state index contributed by atoms with van der Waals surface area (Å²) >= 11 is 0. The molecule has 1 aromatic heterocycles. The van der Waals surface area contributed by atoms with E-state index in [-0.39, 0.29) is 0 Å². The average molecular weight is 208 g/mol. The Kier molecular flexibility index (Phi) is 3.61. The van der Waals surface area contributed by atoms with Gasteiger partial charge in [0.1, 0.15) is 0 Å². The number of rotatable bonds is 5. The van der Waals surface area contributed by atoms with Crippen LogP contribution in [0.1, 0.15) is 26.2 Å². The average Bonchev–Trinajstić information content (AvgIpc) is 2.88. The number of aromatic nitrogens is 2. The quantitative estimate of drug-likeness (QED) is 0.769. The molecule has 84 valence electrons. The van der Waals surface area contributed by atoms with Crippen molar-refractivity contribution in [3.8, 4) is 0 Å². The Morgan fingerprint density at radius 3 is 3.33 bits per heavy atom. The second-order valence-corrected chi connectivity index (χ2v) is 4.05. The third-order valence-corrected chi connectivity index (χ3v) is 2.99. The van der Waals surface area contributed by atoms with Gasteiger partial charge in [-0.15, -0.1) is 0 Å². The number of hydrogen-bond donors (Lipinski definition) is 2. The van der Waals surface area contributed by atoms with Crippen molar-refractivity contribution in [2.24, 2.45) is 0 Å². The molecule has 0 spiro atoms. The lowest BCUT2D eigenvalue weighted by atomic mass is 10.1. The molecule has 2 heterocycles. The van der Waals surface area contributed by atoms with Crippen LogP contribution in [0.5, 0.6) is 0 Å². The van der Waals surface area contributed by atoms with Gasteiger partial charge in [-0.1, -0.05) is 0 Å². The van der Waals surface area contributed by atoms with Gasteiger partial charge in [-0.2, -0.15) is 0 Å². The van der Waals surface area contributed by atoms with Crippen LogP contribution in [0.4, 0.5) is 5.95 Å². The Bertz CT molecular complexity index is 289. The van der Waals surface area contributed by atoms with Gasteiger partial charge in [0.05, 0.1) is 0 Å². The molecule has 4 nitrogen and oxygen atoms in total. The standard InChI is InChI=1S/C11H20N4/c1-2-15-9-8-14-11(15)13-7-5-10-4-3-6-12-10/h8-10,12H,2-7H2,1H3,(H,13,14). The Balaban J connectivity index is 1.73. The number of hydrogen-bond acceptors (Lipinski definition) is 3. The van der Waals surface area contributed by atoms with Crippen molar-refractivity contribution in [1.29, 1.82) is 0 Å². The van der Waals surface area contributed by atoms with E-state index in [1.54, 1.807) is 0 Å². The maximum Gasteiger partial charge on any atom is 0.202 e. The maximum absolute atomic E-state index is 4.28. The van der Waals surface area contributed by atoms with E-state index in [2.05, 4.69) is 27.1 Å². The fraction of sp³-hybridized carbons (Fsp3) is 0.727. The van der Waals surface area contributed by atoms with Gasteiger partial charge in [-0.05, 0) is 32.7 Å². The van der Waals surface area contributed by atoms with E-state index in [1.807, 2.05) is 12.4 Å². The zero-order valence-corrected chi connectivity index (χ0v) is 9.37. The molecule has 1 aliphatic rings. The molecule has 0 radical (unpaired) electrons. The molecule has 2 N–H and O–H groups in total. The van der Waals surface area contributed by atoms with Crippen LogP contribution in [-0.4, -0.2) is 28.7 Å². The maximum atomic E-state index is 4.28. The van der Waals surface area contributed by atoms with Gasteiger partial charge < -0.3 is 15.2 Å². The third-order valence-electron chi connectivity index (χ3n) is 2.99. The molecule has 0 amide bonds. The summed E-state index contributed by atoms with van der Waals surface area (Å²) < 4.78 is 2.13. The van der Waals surface area contributed by atoms with Crippen molar-refractivity contribution >= 4 is 5.95 Å². The SMILES string of the molecule is CCn1ccnc1NCCC1CCCN1. The van der Waals surface area contributed by atoms with Crippen LogP contribution in [0.25, 0.3) is 0 Å². The van der Waals surface area contributed by atoms with Crippen molar-refractivity contribution in [3.05, 3.63) is 12.4 Å². The van der Waals surface area contributed by atoms with Crippen LogP contribution >= 0.6 is 0 Å². The van der Waals surface area contributed by atoms with E-state index in [0.29, 0.717) is 6.04 Å². The number of nitrogens with zero attached hydrogens (tertiary/aromatic N) is 2. The highest BCUT2D eigenvalue weighted by Gasteiger charge is 2.13. The number of aryl methyl sites for hydroxylation is 1. The van der Waals surface area contributed by atoms with Crippen LogP contribution in [-0.2, 0) is 6.54 Å². The van der Waals surface area contributed by atoms with Crippen molar-refractivity contribution in [2.45, 2.75) is 38.8 Å². The second-order valence-electron chi connectivity index (χ2n) is 4.05. The van der Waals surface area contributed by atoms with E-state index < -0.39 is 0 Å². The summed E-state index contributed by atoms with van der Waals surface area (Å²) in [6.07, 6.45) is 7.70. The summed E-state index contributed by atoms with van der Waals surface area (Å²) in [6, 6.07) is 0.711. The number of anilines is 1. The van der Waals surface area contributed by atoms with Crippen LogP contribution in [0.2, 0.25) is 0 Å². The van der Waals surface area contributed by atoms with Gasteiger partial charge in [0, 0.05) is 31.5 Å². The Morgan fingerprint density at radius 2 is 2.60 bits per heavy atom. The number of imidazole rings is 1. The monoisotopic (exact) mass is 208 g/mol. The molecule has 0 aliphatic carbocycles. The van der Waals surface area contributed by atoms with E-state index in [9.17, 15) is 0 Å². The molecule has 15 heavy (non-hydrogen) atoms. The van der Waals surface area contributed by atoms with Gasteiger partial charge in [0.2, 0.25) is 5.95 Å². The lowest BCUT2D eigenvalue weighted by Crippen LogP contribution is -2.24. The summed E-state index contributed by atoms with van der Waals surface area (Å²) in [7, 11) is 0. The summed E-state index contributed by atoms with van der Waals surface area (Å²) in [6.45, 7) is 5.30. The minimum atomic E-state index is 0.711. The van der Waals surface area contributed by atoms with Crippen LogP contribution in [0, 0.1) is 0 Å². The van der Waals surface area contributed by atoms with E-state index in [0.717, 1.165) is 19.0 Å². The Hall–Kier alpha value is -1.03. The molecular weight excluding hydrogens is 188 g/mol. The molecule has 2 rings (SSSR count). The summed E-state index contributed by atoms with van der Waals surface area (Å²) in [5.74, 6) is 0.996. The van der Waals surface area contributed by atoms with Gasteiger partial charge in [-0.25, -0.2) is 4.98 Å². The van der Waals surface area contributed by atoms with E-state index >= 15 is 0 Å². The van der Waals surface area contributed by atoms with Crippen molar-refractivity contribution in [1.82, 2.24) is 14.9 Å². The predicted octanol–water partition coefficient (Wildman–Crippen LogP) is 1.46. The first kappa shape index (κ1) is 10.5. The zero-order chi connectivity index (χ0) is 10.5. The summed E-state index contributed by atoms with van der Waals surface area (Å²) in [5.41, 5.74) is 0. The minimum Gasteiger partial charge on any atom is -0.356 e. The first-order chi connectivity index (χ1) is 7.40. The van der Waals surface area contributed by atoms with Crippen molar-refractivity contribution in [2.75, 3.05) is 18.4 Å². The highest BCUT2D eigenvalue weighted by Crippen LogP contribution is 2.09. The first-order valence-electron chi connectivity index (χ1n) is 5.88. The molecule has 0 aromatic carbocycles. The van der Waals surface area contributed by atoms with Gasteiger partial charge in [0.25, 0.3) is 0 Å². The zero-order valence-electron chi connectivity index (χ0n) is 9.37. The van der Waals surface area contributed by atoms with Gasteiger partial charge in [-0.3, -0.25) is 0 Å². The van der Waals surface area contributed by atoms with E-state index in [1.165, 1.54) is 25.8 Å². The topological polar surface area (TPSA) is 41.9 Å². The van der Waals surface area contributed by atoms with Gasteiger partial charge in [0.15, 0.2) is 0 Å². The lowest BCUT2D eigenvalue weighted by molar-refractivity contribution is 0.572. The molecule has 4 heteroatoms. The van der Waals surface area contributed by atoms with Gasteiger partial charge >= 0.3 is 0 Å². The molecule has 0 saturated carbocycles. The molecule has 1 unspecified atom stereocenters. The first-order valence-corrected chi connectivity index (χ1v) is 5.88. The summed E-state index contributed by atoms with van der Waals surface area (Å²) in [5, 5.41) is 6.88. The predicted molar refractivity (Wildman–Crippen MR) is 62.0 cm³/mol. The molecule has 1 aromatic rings. The fourth-order valence-electron chi connectivity index (χ4n) is 2.09. The lowest BCUT2D eigenvalue weighted by Gasteiger charge is -2.11. The molecule has 1 saturated heterocycles. The Morgan fingerprint density at radius 1 is 1.67 bits per heavy atom. The highest BCUT2D eigenvalue weighted by atomic mass is 15.2. The van der Waals surface area contributed by atoms with E-state index in [4.69, 9.17) is 0 Å². The second kappa shape index (κ2) is 5.16. The molecule has 0 bridgehead atoms. The molecule has 1 fully saturated rings. The Labute approximate surface area is 91.1 Å². The normalized spacial score (nSPS) is 20.7. The number of nitrogens with one attached hydrogen (secondary N) is 2. The largest absolute Gasteiger partial charge is 0.356 e. The minimum absolute atomic E-state index is 0.711. The smallest absolute Gasteiger partial charge is 0.202 e. The van der Waals surface area contributed by atoms with Crippen LogP contribution < -0.4 is 10.6 Å². The van der Waals surface area contributed by atoms with Crippen LogP contribution in [0.3, 0.4) is 0 Å². The highest BCUT2D eigenvalue weighted by molar-refractivity contribution is 5.25.